The van der Waals surface area contributed by atoms with Crippen molar-refractivity contribution in [2.24, 2.45) is 0 Å². The molecule has 0 spiro atoms. The zero-order valence-corrected chi connectivity index (χ0v) is 11.8. The third-order valence-electron chi connectivity index (χ3n) is 2.52. The number of fused-ring (bicyclic) bond motifs is 1. The van der Waals surface area contributed by atoms with Gasteiger partial charge in [-0.2, -0.15) is 0 Å². The molecule has 1 aromatic carbocycles. The lowest BCUT2D eigenvalue weighted by Crippen LogP contribution is -1.87. The van der Waals surface area contributed by atoms with Crippen LogP contribution in [0.5, 0.6) is 0 Å². The van der Waals surface area contributed by atoms with E-state index in [9.17, 15) is 0 Å². The Kier molecular flexibility index (Phi) is 4.10. The monoisotopic (exact) mass is 289 g/mol. The van der Waals surface area contributed by atoms with Crippen molar-refractivity contribution in [3.05, 3.63) is 43.1 Å². The number of para-hydroxylation sites is 2. The third-order valence-corrected chi connectivity index (χ3v) is 4.28. The maximum atomic E-state index is 4.52. The van der Waals surface area contributed by atoms with E-state index in [1.165, 1.54) is 0 Å². The maximum Gasteiger partial charge on any atom is 0.166 e. The quantitative estimate of drug-likeness (QED) is 0.539. The van der Waals surface area contributed by atoms with Gasteiger partial charge in [0.1, 0.15) is 0 Å². The van der Waals surface area contributed by atoms with E-state index < -0.39 is 0 Å². The third kappa shape index (κ3) is 3.33. The van der Waals surface area contributed by atoms with Crippen molar-refractivity contribution in [1.29, 1.82) is 0 Å². The molecule has 3 rings (SSSR count). The number of thioether (sulfide) groups is 2. The Morgan fingerprint density at radius 1 is 1.11 bits per heavy atom. The normalized spacial score (nSPS) is 11.2. The smallest absolute Gasteiger partial charge is 0.166 e. The van der Waals surface area contributed by atoms with Crippen LogP contribution in [0.15, 0.2) is 47.0 Å². The Morgan fingerprint density at radius 3 is 2.74 bits per heavy atom. The Bertz CT molecular complexity index is 600. The van der Waals surface area contributed by atoms with Crippen molar-refractivity contribution in [3.63, 3.8) is 0 Å². The highest BCUT2D eigenvalue weighted by Crippen LogP contribution is 2.21. The number of benzene rings is 1. The summed E-state index contributed by atoms with van der Waals surface area (Å²) in [5.41, 5.74) is 2.12. The van der Waals surface area contributed by atoms with Gasteiger partial charge in [0.25, 0.3) is 0 Å². The summed E-state index contributed by atoms with van der Waals surface area (Å²) in [5, 5.41) is 1.94. The van der Waals surface area contributed by atoms with Crippen LogP contribution >= 0.6 is 23.5 Å². The second-order valence-corrected chi connectivity index (χ2v) is 5.88. The van der Waals surface area contributed by atoms with Gasteiger partial charge in [0.05, 0.1) is 11.0 Å². The summed E-state index contributed by atoms with van der Waals surface area (Å²) < 4.78 is 0. The number of aromatic nitrogens is 4. The van der Waals surface area contributed by atoms with Crippen LogP contribution in [0.4, 0.5) is 0 Å². The summed E-state index contributed by atoms with van der Waals surface area (Å²) in [7, 11) is 0. The molecule has 2 heterocycles. The maximum absolute atomic E-state index is 4.52. The number of nitrogens with one attached hydrogen (secondary N) is 2. The lowest BCUT2D eigenvalue weighted by molar-refractivity contribution is 1.06. The van der Waals surface area contributed by atoms with Gasteiger partial charge in [-0.3, -0.25) is 0 Å². The van der Waals surface area contributed by atoms with Gasteiger partial charge in [0.15, 0.2) is 10.3 Å². The van der Waals surface area contributed by atoms with E-state index in [-0.39, 0.29) is 0 Å². The molecule has 2 aromatic heterocycles. The minimum absolute atomic E-state index is 0.938. The Morgan fingerprint density at radius 2 is 1.95 bits per heavy atom. The topological polar surface area (TPSA) is 57.4 Å². The highest BCUT2D eigenvalue weighted by Gasteiger charge is 2.02. The molecule has 3 aromatic rings. The molecule has 0 saturated carbocycles. The van der Waals surface area contributed by atoms with Crippen LogP contribution in [0.3, 0.4) is 0 Å². The molecule has 0 bridgehead atoms. The number of aromatic amines is 2. The molecular weight excluding hydrogens is 276 g/mol. The fourth-order valence-electron chi connectivity index (χ4n) is 1.65. The number of hydrogen-bond acceptors (Lipinski definition) is 4. The number of hydrogen-bond donors (Lipinski definition) is 2. The van der Waals surface area contributed by atoms with E-state index in [1.54, 1.807) is 29.7 Å². The van der Waals surface area contributed by atoms with Crippen LogP contribution in [-0.4, -0.2) is 31.4 Å². The lowest BCUT2D eigenvalue weighted by Gasteiger charge is -1.97. The average Bonchev–Trinajstić information content (AvgIpc) is 3.06. The predicted octanol–water partition coefficient (Wildman–Crippen LogP) is 3.37. The molecule has 6 heteroatoms. The molecule has 0 atom stereocenters. The number of rotatable bonds is 6. The number of H-pyrrole nitrogens is 2. The SMILES string of the molecule is [CH](CSc1ncc[nH]1)CSc1nc2ccccc2[nH]1. The van der Waals surface area contributed by atoms with Crippen LogP contribution < -0.4 is 0 Å². The molecule has 19 heavy (non-hydrogen) atoms. The molecular formula is C13H13N4S2. The summed E-state index contributed by atoms with van der Waals surface area (Å²) in [6, 6.07) is 8.08. The first-order chi connectivity index (χ1) is 9.42. The molecule has 4 nitrogen and oxygen atoms in total. The lowest BCUT2D eigenvalue weighted by atomic mass is 10.3. The number of nitrogens with zero attached hydrogens (tertiary/aromatic N) is 2. The van der Waals surface area contributed by atoms with Gasteiger partial charge in [0, 0.05) is 23.9 Å². The molecule has 0 amide bonds. The van der Waals surface area contributed by atoms with Crippen molar-refractivity contribution in [3.8, 4) is 0 Å². The van der Waals surface area contributed by atoms with Crippen LogP contribution in [0.2, 0.25) is 0 Å². The van der Waals surface area contributed by atoms with Gasteiger partial charge < -0.3 is 9.97 Å². The fraction of sp³-hybridized carbons (Fsp3) is 0.154. The summed E-state index contributed by atoms with van der Waals surface area (Å²) in [6.45, 7) is 0. The molecule has 97 valence electrons. The Labute approximate surface area is 119 Å². The van der Waals surface area contributed by atoms with E-state index in [1.807, 2.05) is 30.5 Å². The van der Waals surface area contributed by atoms with E-state index in [0.29, 0.717) is 0 Å². The van der Waals surface area contributed by atoms with Gasteiger partial charge in [-0.05, 0) is 18.6 Å². The minimum atomic E-state index is 0.938. The van der Waals surface area contributed by atoms with Crippen LogP contribution in [-0.2, 0) is 0 Å². The largest absolute Gasteiger partial charge is 0.340 e. The molecule has 0 aliphatic heterocycles. The molecule has 0 aliphatic carbocycles. The molecule has 1 radical (unpaired) electrons. The van der Waals surface area contributed by atoms with E-state index >= 15 is 0 Å². The Balaban J connectivity index is 1.44. The zero-order valence-electron chi connectivity index (χ0n) is 10.2. The van der Waals surface area contributed by atoms with E-state index in [4.69, 9.17) is 0 Å². The second-order valence-electron chi connectivity index (χ2n) is 3.86. The molecule has 0 unspecified atom stereocenters. The van der Waals surface area contributed by atoms with Crippen molar-refractivity contribution < 1.29 is 0 Å². The summed E-state index contributed by atoms with van der Waals surface area (Å²) >= 11 is 3.42. The number of imidazole rings is 2. The fourth-order valence-corrected chi connectivity index (χ4v) is 3.22. The molecule has 0 aliphatic rings. The summed E-state index contributed by atoms with van der Waals surface area (Å²) in [5.74, 6) is 1.88. The average molecular weight is 289 g/mol. The predicted molar refractivity (Wildman–Crippen MR) is 80.4 cm³/mol. The van der Waals surface area contributed by atoms with Gasteiger partial charge >= 0.3 is 0 Å². The zero-order chi connectivity index (χ0) is 12.9. The van der Waals surface area contributed by atoms with E-state index in [2.05, 4.69) is 26.4 Å². The van der Waals surface area contributed by atoms with Crippen molar-refractivity contribution >= 4 is 34.6 Å². The highest BCUT2D eigenvalue weighted by molar-refractivity contribution is 8.00. The van der Waals surface area contributed by atoms with Crippen molar-refractivity contribution in [2.45, 2.75) is 10.3 Å². The van der Waals surface area contributed by atoms with Crippen molar-refractivity contribution in [1.82, 2.24) is 19.9 Å². The molecule has 2 N–H and O–H groups in total. The van der Waals surface area contributed by atoms with Crippen LogP contribution in [0.1, 0.15) is 0 Å². The van der Waals surface area contributed by atoms with Crippen molar-refractivity contribution in [2.75, 3.05) is 11.5 Å². The van der Waals surface area contributed by atoms with Gasteiger partial charge in [-0.15, -0.1) is 0 Å². The standard InChI is InChI=1S/C13H13N4S2/c1-2-5-11-10(4-1)16-13(17-11)19-9-3-8-18-12-14-6-7-15-12/h1-7H,8-9H2,(H,14,15)(H,16,17). The molecule has 0 fully saturated rings. The Hall–Kier alpha value is -1.40. The van der Waals surface area contributed by atoms with Crippen LogP contribution in [0, 0.1) is 6.42 Å². The minimum Gasteiger partial charge on any atom is -0.340 e. The highest BCUT2D eigenvalue weighted by atomic mass is 32.2. The van der Waals surface area contributed by atoms with E-state index in [0.717, 1.165) is 32.9 Å². The molecule has 0 saturated heterocycles. The van der Waals surface area contributed by atoms with Gasteiger partial charge in [-0.25, -0.2) is 9.97 Å². The first-order valence-electron chi connectivity index (χ1n) is 5.93. The summed E-state index contributed by atoms with van der Waals surface area (Å²) in [4.78, 5) is 15.1. The van der Waals surface area contributed by atoms with Gasteiger partial charge in [0.2, 0.25) is 0 Å². The second kappa shape index (κ2) is 6.16. The van der Waals surface area contributed by atoms with Crippen LogP contribution in [0.25, 0.3) is 11.0 Å². The summed E-state index contributed by atoms with van der Waals surface area (Å²) in [6.07, 6.45) is 5.84. The first kappa shape index (κ1) is 12.6. The van der Waals surface area contributed by atoms with Gasteiger partial charge in [-0.1, -0.05) is 35.7 Å². The first-order valence-corrected chi connectivity index (χ1v) is 7.90.